The van der Waals surface area contributed by atoms with Crippen LogP contribution in [0.1, 0.15) is 15.9 Å². The number of piperazine rings is 1. The number of hydrogen-bond acceptors (Lipinski definition) is 9. The number of hydrazine groups is 1. The summed E-state index contributed by atoms with van der Waals surface area (Å²) in [6.07, 6.45) is 1.71. The summed E-state index contributed by atoms with van der Waals surface area (Å²) in [5.41, 5.74) is 9.22. The number of fused-ring (bicyclic) bond motifs is 1. The number of anilines is 1. The molecule has 2 saturated heterocycles. The Bertz CT molecular complexity index is 1200. The molecule has 1 aromatic carbocycles. The Kier molecular flexibility index (Phi) is 6.27. The summed E-state index contributed by atoms with van der Waals surface area (Å²) in [6.45, 7) is 4.49. The van der Waals surface area contributed by atoms with Crippen LogP contribution in [0.2, 0.25) is 5.15 Å². The summed E-state index contributed by atoms with van der Waals surface area (Å²) in [4.78, 5) is 25.4. The second-order valence-corrected chi connectivity index (χ2v) is 8.88. The molecule has 0 atom stereocenters. The zero-order valence-electron chi connectivity index (χ0n) is 18.6. The van der Waals surface area contributed by atoms with Gasteiger partial charge < -0.3 is 29.7 Å². The Balaban J connectivity index is 1.18. The number of pyridine rings is 1. The molecule has 4 N–H and O–H groups in total. The van der Waals surface area contributed by atoms with Crippen LogP contribution in [0.5, 0.6) is 0 Å². The van der Waals surface area contributed by atoms with E-state index in [1.807, 2.05) is 21.9 Å². The molecule has 0 radical (unpaired) electrons. The molecule has 34 heavy (non-hydrogen) atoms. The van der Waals surface area contributed by atoms with Gasteiger partial charge in [0.25, 0.3) is 11.9 Å². The molecule has 0 unspecified atom stereocenters. The van der Waals surface area contributed by atoms with E-state index in [4.69, 9.17) is 32.3 Å². The van der Waals surface area contributed by atoms with Crippen LogP contribution < -0.4 is 16.5 Å². The maximum absolute atomic E-state index is 13.0. The Hall–Kier alpha value is -3.34. The highest BCUT2D eigenvalue weighted by atomic mass is 35.5. The van der Waals surface area contributed by atoms with E-state index in [0.29, 0.717) is 72.3 Å². The average Bonchev–Trinajstić information content (AvgIpc) is 3.24. The van der Waals surface area contributed by atoms with Crippen LogP contribution in [0.25, 0.3) is 16.9 Å². The van der Waals surface area contributed by atoms with E-state index >= 15 is 0 Å². The third-order valence-electron chi connectivity index (χ3n) is 5.99. The fraction of sp³-hybridized carbons (Fsp3) is 0.348. The number of hydrogen-bond donors (Lipinski definition) is 2. The Morgan fingerprint density at radius 2 is 1.79 bits per heavy atom. The topological polar surface area (TPSA) is 127 Å². The van der Waals surface area contributed by atoms with Gasteiger partial charge in [-0.05, 0) is 29.8 Å². The second-order valence-electron chi connectivity index (χ2n) is 8.49. The molecule has 1 amide bonds. The van der Waals surface area contributed by atoms with Gasteiger partial charge >= 0.3 is 0 Å². The lowest BCUT2D eigenvalue weighted by Crippen LogP contribution is -2.48. The number of carbonyl (C=O) groups excluding carboxylic acids is 1. The van der Waals surface area contributed by atoms with Gasteiger partial charge in [0.2, 0.25) is 5.65 Å². The van der Waals surface area contributed by atoms with Crippen LogP contribution in [0.4, 0.5) is 6.01 Å². The Morgan fingerprint density at radius 3 is 2.47 bits per heavy atom. The normalized spacial score (nSPS) is 17.2. The molecule has 0 saturated carbocycles. The van der Waals surface area contributed by atoms with Gasteiger partial charge in [0.05, 0.1) is 18.9 Å². The van der Waals surface area contributed by atoms with E-state index in [-0.39, 0.29) is 5.91 Å². The molecule has 10 nitrogen and oxygen atoms in total. The van der Waals surface area contributed by atoms with Crippen molar-refractivity contribution in [3.8, 4) is 0 Å². The first-order chi connectivity index (χ1) is 16.5. The lowest BCUT2D eigenvalue weighted by Gasteiger charge is -2.33. The maximum Gasteiger partial charge on any atom is 0.300 e. The van der Waals surface area contributed by atoms with Gasteiger partial charge in [-0.2, -0.15) is 4.98 Å². The SMILES string of the molecule is N/C(=C\N(N)CC1COC1)c1ccc(C(=O)N2CCN(c3nc4nc(Cl)ccc4o3)CC2)cc1. The van der Waals surface area contributed by atoms with Crippen molar-refractivity contribution in [2.24, 2.45) is 17.5 Å². The minimum atomic E-state index is -0.0230. The van der Waals surface area contributed by atoms with Gasteiger partial charge in [-0.15, -0.1) is 0 Å². The summed E-state index contributed by atoms with van der Waals surface area (Å²) >= 11 is 5.93. The standard InChI is InChI=1S/C23H26ClN7O3/c24-20-6-5-19-21(27-20)28-23(34-19)30-9-7-29(8-10-30)22(32)17-3-1-16(2-4-17)18(25)12-31(26)11-15-13-33-14-15/h1-6,12,15H,7-11,13-14,25-26H2/b18-12-. The fourth-order valence-electron chi connectivity index (χ4n) is 4.00. The predicted molar refractivity (Wildman–Crippen MR) is 129 cm³/mol. The number of amides is 1. The third-order valence-corrected chi connectivity index (χ3v) is 6.20. The van der Waals surface area contributed by atoms with Gasteiger partial charge in [0, 0.05) is 50.4 Å². The molecule has 178 valence electrons. The largest absolute Gasteiger partial charge is 0.422 e. The van der Waals surface area contributed by atoms with Crippen LogP contribution in [-0.4, -0.2) is 71.7 Å². The smallest absolute Gasteiger partial charge is 0.300 e. The van der Waals surface area contributed by atoms with E-state index in [2.05, 4.69) is 9.97 Å². The number of oxazole rings is 1. The minimum Gasteiger partial charge on any atom is -0.422 e. The highest BCUT2D eigenvalue weighted by molar-refractivity contribution is 6.29. The van der Waals surface area contributed by atoms with Crippen molar-refractivity contribution in [2.45, 2.75) is 0 Å². The van der Waals surface area contributed by atoms with Crippen molar-refractivity contribution < 1.29 is 13.9 Å². The summed E-state index contributed by atoms with van der Waals surface area (Å²) in [5.74, 6) is 6.43. The van der Waals surface area contributed by atoms with E-state index < -0.39 is 0 Å². The molecule has 5 rings (SSSR count). The zero-order valence-corrected chi connectivity index (χ0v) is 19.3. The van der Waals surface area contributed by atoms with E-state index in [9.17, 15) is 4.79 Å². The molecule has 11 heteroatoms. The molecule has 0 bridgehead atoms. The van der Waals surface area contributed by atoms with Crippen LogP contribution in [0.3, 0.4) is 0 Å². The molecule has 0 aliphatic carbocycles. The first-order valence-corrected chi connectivity index (χ1v) is 11.5. The molecule has 2 aromatic heterocycles. The quantitative estimate of drug-likeness (QED) is 0.307. The van der Waals surface area contributed by atoms with Crippen molar-refractivity contribution in [2.75, 3.05) is 50.8 Å². The molecule has 2 aliphatic heterocycles. The van der Waals surface area contributed by atoms with Gasteiger partial charge in [-0.1, -0.05) is 23.7 Å². The van der Waals surface area contributed by atoms with Gasteiger partial charge in [0.15, 0.2) is 5.58 Å². The summed E-state index contributed by atoms with van der Waals surface area (Å²) < 4.78 is 11.0. The minimum absolute atomic E-state index is 0.0230. The van der Waals surface area contributed by atoms with Gasteiger partial charge in [-0.25, -0.2) is 10.8 Å². The van der Waals surface area contributed by atoms with E-state index in [0.717, 1.165) is 18.8 Å². The van der Waals surface area contributed by atoms with Crippen molar-refractivity contribution in [1.82, 2.24) is 19.9 Å². The van der Waals surface area contributed by atoms with E-state index in [1.54, 1.807) is 35.5 Å². The van der Waals surface area contributed by atoms with Gasteiger partial charge in [-0.3, -0.25) is 4.79 Å². The van der Waals surface area contributed by atoms with Gasteiger partial charge in [0.1, 0.15) is 5.15 Å². The van der Waals surface area contributed by atoms with Crippen LogP contribution >= 0.6 is 11.6 Å². The van der Waals surface area contributed by atoms with Crippen LogP contribution in [-0.2, 0) is 4.74 Å². The number of benzene rings is 1. The highest BCUT2D eigenvalue weighted by Crippen LogP contribution is 2.23. The summed E-state index contributed by atoms with van der Waals surface area (Å²) in [5, 5.41) is 1.96. The molecular weight excluding hydrogens is 458 g/mol. The van der Waals surface area contributed by atoms with Crippen molar-refractivity contribution >= 4 is 40.5 Å². The Morgan fingerprint density at radius 1 is 1.09 bits per heavy atom. The first-order valence-electron chi connectivity index (χ1n) is 11.1. The monoisotopic (exact) mass is 483 g/mol. The molecular formula is C23H26ClN7O3. The highest BCUT2D eigenvalue weighted by Gasteiger charge is 2.25. The van der Waals surface area contributed by atoms with E-state index in [1.165, 1.54) is 0 Å². The first kappa shape index (κ1) is 22.5. The average molecular weight is 484 g/mol. The molecule has 2 fully saturated rings. The molecule has 4 heterocycles. The van der Waals surface area contributed by atoms with Crippen molar-refractivity contribution in [3.63, 3.8) is 0 Å². The van der Waals surface area contributed by atoms with Crippen molar-refractivity contribution in [3.05, 3.63) is 58.9 Å². The number of halogens is 1. The zero-order chi connectivity index (χ0) is 23.7. The lowest BCUT2D eigenvalue weighted by atomic mass is 10.1. The molecule has 0 spiro atoms. The summed E-state index contributed by atoms with van der Waals surface area (Å²) in [6, 6.07) is 11.2. The molecule has 3 aromatic rings. The van der Waals surface area contributed by atoms with Crippen molar-refractivity contribution in [1.29, 1.82) is 0 Å². The number of nitrogens with two attached hydrogens (primary N) is 2. The lowest BCUT2D eigenvalue weighted by molar-refractivity contribution is -0.0416. The maximum atomic E-state index is 13.0. The molecule has 2 aliphatic rings. The number of aromatic nitrogens is 2. The van der Waals surface area contributed by atoms with Crippen LogP contribution in [0.15, 0.2) is 47.0 Å². The number of rotatable bonds is 6. The third kappa shape index (κ3) is 4.79. The van der Waals surface area contributed by atoms with Crippen LogP contribution in [0, 0.1) is 5.92 Å². The number of carbonyl (C=O) groups is 1. The number of ether oxygens (including phenoxy) is 1. The second kappa shape index (κ2) is 9.49. The fourth-order valence-corrected chi connectivity index (χ4v) is 4.14. The Labute approximate surface area is 201 Å². The number of nitrogens with zero attached hydrogens (tertiary/aromatic N) is 5. The summed E-state index contributed by atoms with van der Waals surface area (Å²) in [7, 11) is 0. The predicted octanol–water partition coefficient (Wildman–Crippen LogP) is 1.92.